The molecule has 0 aromatic rings. The molecule has 2 heteroatoms. The Balaban J connectivity index is 0. The molecule has 0 amide bonds. The van der Waals surface area contributed by atoms with Crippen molar-refractivity contribution in [1.82, 2.24) is 0 Å². The minimum absolute atomic E-state index is 0.0278. The van der Waals surface area contributed by atoms with Gasteiger partial charge in [0.2, 0.25) is 0 Å². The average molecular weight is 216 g/mol. The molecule has 0 fully saturated rings. The van der Waals surface area contributed by atoms with Crippen molar-refractivity contribution in [2.75, 3.05) is 0 Å². The van der Waals surface area contributed by atoms with Gasteiger partial charge in [-0.15, -0.1) is 11.6 Å². The first-order valence-corrected chi connectivity index (χ1v) is 4.36. The lowest BCUT2D eigenvalue weighted by molar-refractivity contribution is 0.788. The largest absolute Gasteiger partial charge is 0.120 e. The Morgan fingerprint density at radius 3 is 1.22 bits per heavy atom. The predicted octanol–water partition coefficient (Wildman–Crippen LogP) is 3.81. The zero-order chi connectivity index (χ0) is 8.08. The number of alkyl halides is 2. The van der Waals surface area contributed by atoms with Gasteiger partial charge in [0.05, 0.1) is 0 Å². The van der Waals surface area contributed by atoms with Gasteiger partial charge in [-0.1, -0.05) is 29.8 Å². The van der Waals surface area contributed by atoms with Gasteiger partial charge in [-0.2, -0.15) is 0 Å². The summed E-state index contributed by atoms with van der Waals surface area (Å²) in [7, 11) is 0. The van der Waals surface area contributed by atoms with Gasteiger partial charge in [-0.3, -0.25) is 0 Å². The maximum absolute atomic E-state index is 5.53. The molecular weight excluding hydrogens is 199 g/mol. The van der Waals surface area contributed by atoms with Gasteiger partial charge in [-0.25, -0.2) is 0 Å². The number of hydrogen-bond acceptors (Lipinski definition) is 0. The van der Waals surface area contributed by atoms with Gasteiger partial charge in [0, 0.05) is 9.70 Å². The number of rotatable bonds is 0. The standard InChI is InChI=1S/C4H9Cl.C3H7Br/c1-4(2,3)5;1-3(2)4/h1-3H3;3H,1-2H3. The zero-order valence-electron chi connectivity index (χ0n) is 6.83. The summed E-state index contributed by atoms with van der Waals surface area (Å²) >= 11 is 8.80. The molecule has 58 valence electrons. The Kier molecular flexibility index (Phi) is 7.67. The Morgan fingerprint density at radius 1 is 1.22 bits per heavy atom. The van der Waals surface area contributed by atoms with Gasteiger partial charge < -0.3 is 0 Å². The summed E-state index contributed by atoms with van der Waals surface area (Å²) in [6.07, 6.45) is 0. The molecule has 0 aliphatic carbocycles. The van der Waals surface area contributed by atoms with E-state index in [1.807, 2.05) is 20.8 Å². The van der Waals surface area contributed by atoms with E-state index in [0.717, 1.165) is 0 Å². The molecule has 0 spiro atoms. The van der Waals surface area contributed by atoms with Crippen LogP contribution in [-0.4, -0.2) is 9.70 Å². The maximum Gasteiger partial charge on any atom is 0.0362 e. The van der Waals surface area contributed by atoms with E-state index in [-0.39, 0.29) is 4.87 Å². The highest BCUT2D eigenvalue weighted by Crippen LogP contribution is 2.07. The summed E-state index contributed by atoms with van der Waals surface area (Å²) < 4.78 is 0. The molecule has 0 saturated heterocycles. The van der Waals surface area contributed by atoms with Gasteiger partial charge in [0.1, 0.15) is 0 Å². The Bertz CT molecular complexity index is 45.7. The normalized spacial score (nSPS) is 10.7. The van der Waals surface area contributed by atoms with Crippen molar-refractivity contribution in [3.8, 4) is 0 Å². The van der Waals surface area contributed by atoms with Crippen LogP contribution in [0.3, 0.4) is 0 Å². The first-order chi connectivity index (χ1) is 3.73. The fraction of sp³-hybridized carbons (Fsp3) is 1.00. The molecule has 0 unspecified atom stereocenters. The van der Waals surface area contributed by atoms with Gasteiger partial charge in [-0.05, 0) is 20.8 Å². The van der Waals surface area contributed by atoms with Crippen LogP contribution >= 0.6 is 27.5 Å². The zero-order valence-corrected chi connectivity index (χ0v) is 9.18. The molecule has 0 aliphatic heterocycles. The van der Waals surface area contributed by atoms with E-state index in [0.29, 0.717) is 4.83 Å². The molecule has 0 aromatic heterocycles. The van der Waals surface area contributed by atoms with Crippen LogP contribution < -0.4 is 0 Å². The van der Waals surface area contributed by atoms with E-state index < -0.39 is 0 Å². The van der Waals surface area contributed by atoms with Crippen LogP contribution in [-0.2, 0) is 0 Å². The van der Waals surface area contributed by atoms with Crippen LogP contribution in [0.25, 0.3) is 0 Å². The lowest BCUT2D eigenvalue weighted by Crippen LogP contribution is -1.99. The second-order valence-electron chi connectivity index (χ2n) is 3.08. The van der Waals surface area contributed by atoms with Crippen molar-refractivity contribution in [3.05, 3.63) is 0 Å². The van der Waals surface area contributed by atoms with E-state index in [1.54, 1.807) is 0 Å². The highest BCUT2D eigenvalue weighted by molar-refractivity contribution is 9.09. The maximum atomic E-state index is 5.53. The third-order valence-corrected chi connectivity index (χ3v) is 0. The summed E-state index contributed by atoms with van der Waals surface area (Å²) in [6.45, 7) is 10.0. The van der Waals surface area contributed by atoms with Crippen LogP contribution in [0, 0.1) is 0 Å². The molecule has 0 atom stereocenters. The average Bonchev–Trinajstić information content (AvgIpc) is 1.19. The molecule has 0 heterocycles. The van der Waals surface area contributed by atoms with E-state index in [1.165, 1.54) is 0 Å². The smallest absolute Gasteiger partial charge is 0.0362 e. The van der Waals surface area contributed by atoms with Crippen molar-refractivity contribution in [3.63, 3.8) is 0 Å². The molecule has 0 aliphatic rings. The van der Waals surface area contributed by atoms with Gasteiger partial charge in [0.15, 0.2) is 0 Å². The fourth-order valence-corrected chi connectivity index (χ4v) is 0. The molecule has 0 radical (unpaired) electrons. The van der Waals surface area contributed by atoms with Crippen molar-refractivity contribution in [2.24, 2.45) is 0 Å². The third-order valence-electron chi connectivity index (χ3n) is 0. The van der Waals surface area contributed by atoms with Crippen LogP contribution in [0.5, 0.6) is 0 Å². The van der Waals surface area contributed by atoms with Crippen LogP contribution in [0.15, 0.2) is 0 Å². The summed E-state index contributed by atoms with van der Waals surface area (Å²) in [5, 5.41) is 0. The summed E-state index contributed by atoms with van der Waals surface area (Å²) in [5.74, 6) is 0. The molecule has 9 heavy (non-hydrogen) atoms. The van der Waals surface area contributed by atoms with Crippen molar-refractivity contribution in [2.45, 2.75) is 44.3 Å². The Morgan fingerprint density at radius 2 is 1.22 bits per heavy atom. The lowest BCUT2D eigenvalue weighted by atomic mass is 10.3. The van der Waals surface area contributed by atoms with Crippen LogP contribution in [0.2, 0.25) is 0 Å². The second-order valence-corrected chi connectivity index (χ2v) is 6.05. The van der Waals surface area contributed by atoms with Crippen LogP contribution in [0.4, 0.5) is 0 Å². The van der Waals surface area contributed by atoms with Crippen molar-refractivity contribution in [1.29, 1.82) is 0 Å². The van der Waals surface area contributed by atoms with Gasteiger partial charge >= 0.3 is 0 Å². The molecule has 0 aromatic carbocycles. The predicted molar refractivity (Wildman–Crippen MR) is 49.7 cm³/mol. The Hall–Kier alpha value is 0.770. The first-order valence-electron chi connectivity index (χ1n) is 3.06. The molecule has 0 bridgehead atoms. The lowest BCUT2D eigenvalue weighted by Gasteiger charge is -2.01. The minimum Gasteiger partial charge on any atom is -0.120 e. The SMILES string of the molecule is CC(C)(C)Cl.CC(C)Br. The molecule has 0 nitrogen and oxygen atoms in total. The summed E-state index contributed by atoms with van der Waals surface area (Å²) in [4.78, 5) is 0.618. The van der Waals surface area contributed by atoms with E-state index in [4.69, 9.17) is 11.6 Å². The second kappa shape index (κ2) is 5.55. The quantitative estimate of drug-likeness (QED) is 0.539. The topological polar surface area (TPSA) is 0 Å². The van der Waals surface area contributed by atoms with E-state index in [2.05, 4.69) is 29.8 Å². The highest BCUT2D eigenvalue weighted by atomic mass is 79.9. The molecule has 0 rings (SSSR count). The molecule has 0 saturated carbocycles. The summed E-state index contributed by atoms with van der Waals surface area (Å²) in [6, 6.07) is 0. The highest BCUT2D eigenvalue weighted by Gasteiger charge is 1.99. The van der Waals surface area contributed by atoms with E-state index >= 15 is 0 Å². The van der Waals surface area contributed by atoms with Gasteiger partial charge in [0.25, 0.3) is 0 Å². The van der Waals surface area contributed by atoms with Crippen molar-refractivity contribution >= 4 is 27.5 Å². The van der Waals surface area contributed by atoms with E-state index in [9.17, 15) is 0 Å². The minimum atomic E-state index is -0.0278. The third kappa shape index (κ3) is 678. The molecular formula is C7H16BrCl. The van der Waals surface area contributed by atoms with Crippen molar-refractivity contribution < 1.29 is 0 Å². The first kappa shape index (κ1) is 12.4. The number of halogens is 2. The Labute approximate surface area is 72.1 Å². The van der Waals surface area contributed by atoms with Crippen LogP contribution in [0.1, 0.15) is 34.6 Å². The number of hydrogen-bond donors (Lipinski definition) is 0. The fourth-order valence-electron chi connectivity index (χ4n) is 0. The monoisotopic (exact) mass is 214 g/mol. The molecule has 0 N–H and O–H groups in total. The summed E-state index contributed by atoms with van der Waals surface area (Å²) in [5.41, 5.74) is 0.